The number of fused-ring (bicyclic) bond motifs is 2. The van der Waals surface area contributed by atoms with Gasteiger partial charge in [-0.05, 0) is 108 Å². The smallest absolute Gasteiger partial charge is 0.350 e. The lowest BCUT2D eigenvalue weighted by Crippen LogP contribution is -2.49. The first-order valence-electron chi connectivity index (χ1n) is 26.5. The van der Waals surface area contributed by atoms with Gasteiger partial charge in [-0.2, -0.15) is 0 Å². The Balaban J connectivity index is 0.000000232. The van der Waals surface area contributed by atoms with E-state index in [1.54, 1.807) is 34.6 Å². The number of aliphatic carboxylic acids is 1. The lowest BCUT2D eigenvalue weighted by atomic mass is 9.87. The van der Waals surface area contributed by atoms with Gasteiger partial charge >= 0.3 is 11.9 Å². The quantitative estimate of drug-likeness (QED) is 0.0587. The third-order valence-electron chi connectivity index (χ3n) is 14.2. The highest BCUT2D eigenvalue weighted by Crippen LogP contribution is 2.44. The van der Waals surface area contributed by atoms with Crippen molar-refractivity contribution in [3.63, 3.8) is 0 Å². The maximum atomic E-state index is 12.7. The molecule has 2 atom stereocenters. The number of aliphatic hydroxyl groups is 2. The van der Waals surface area contributed by atoms with E-state index in [0.29, 0.717) is 23.1 Å². The number of esters is 1. The SMILES string of the molecule is CNC(=O)c1cc(Cl)c(OC(C)(C)C(=O)O)cc1OC[C@@H](O)CN1CCC2(CC1)Cc1cc(Cl)ccc1O2.CNC(=O)c1cc(Cl)c(OC(C)(C)C(=O)OC(C)(C)C)cc1OC[C@@H](O)CN1CCC2(CC1)Cc1cc(Cl)ccc1O2. The van der Waals surface area contributed by atoms with Crippen LogP contribution in [0.3, 0.4) is 0 Å². The molecule has 0 aromatic heterocycles. The van der Waals surface area contributed by atoms with E-state index in [1.807, 2.05) is 36.4 Å². The molecule has 2 saturated heterocycles. The molecule has 4 aromatic rings. The molecule has 0 saturated carbocycles. The summed E-state index contributed by atoms with van der Waals surface area (Å²) in [6.07, 6.45) is 3.31. The Morgan fingerprint density at radius 2 is 0.988 bits per heavy atom. The Morgan fingerprint density at radius 1 is 0.600 bits per heavy atom. The van der Waals surface area contributed by atoms with Crippen molar-refractivity contribution in [3.8, 4) is 34.5 Å². The molecular formula is C58H72Cl4N4O14. The summed E-state index contributed by atoms with van der Waals surface area (Å²) in [7, 11) is 2.96. The normalized spacial score (nSPS) is 17.3. The largest absolute Gasteiger partial charge is 0.490 e. The van der Waals surface area contributed by atoms with Crippen molar-refractivity contribution in [2.75, 3.05) is 66.6 Å². The molecular weight excluding hydrogens is 1120 g/mol. The lowest BCUT2D eigenvalue weighted by Gasteiger charge is -2.39. The van der Waals surface area contributed by atoms with Crippen LogP contribution in [0.4, 0.5) is 0 Å². The predicted molar refractivity (Wildman–Crippen MR) is 304 cm³/mol. The molecule has 0 unspecified atom stereocenters. The average Bonchev–Trinajstić information content (AvgIpc) is 3.96. The minimum absolute atomic E-state index is 0.0522. The first-order chi connectivity index (χ1) is 37.5. The van der Waals surface area contributed by atoms with Gasteiger partial charge in [0.05, 0.1) is 21.2 Å². The van der Waals surface area contributed by atoms with Gasteiger partial charge in [0.25, 0.3) is 11.8 Å². The molecule has 0 aliphatic carbocycles. The number of carboxylic acids is 1. The molecule has 5 N–H and O–H groups in total. The molecule has 4 aliphatic heterocycles. The average molecular weight is 1190 g/mol. The second-order valence-electron chi connectivity index (χ2n) is 22.7. The number of likely N-dealkylation sites (tertiary alicyclic amines) is 2. The molecule has 2 spiro atoms. The summed E-state index contributed by atoms with van der Waals surface area (Å²) in [5.74, 6) is -0.339. The van der Waals surface area contributed by atoms with Gasteiger partial charge in [-0.3, -0.25) is 9.59 Å². The van der Waals surface area contributed by atoms with Crippen molar-refractivity contribution < 1.29 is 67.7 Å². The van der Waals surface area contributed by atoms with Crippen molar-refractivity contribution >= 4 is 70.2 Å². The van der Waals surface area contributed by atoms with E-state index in [4.69, 9.17) is 79.6 Å². The maximum Gasteiger partial charge on any atom is 0.350 e. The Morgan fingerprint density at radius 3 is 1.35 bits per heavy atom. The second-order valence-corrected chi connectivity index (χ2v) is 24.4. The molecule has 0 radical (unpaired) electrons. The topological polar surface area (TPSA) is 224 Å². The van der Waals surface area contributed by atoms with E-state index in [9.17, 15) is 34.5 Å². The van der Waals surface area contributed by atoms with Crippen molar-refractivity contribution in [1.82, 2.24) is 20.4 Å². The molecule has 2 fully saturated rings. The van der Waals surface area contributed by atoms with E-state index in [-0.39, 0.29) is 68.6 Å². The lowest BCUT2D eigenvalue weighted by molar-refractivity contribution is -0.171. The Hall–Kier alpha value is -5.44. The number of amides is 2. The molecule has 4 aliphatic rings. The third-order valence-corrected chi connectivity index (χ3v) is 15.3. The van der Waals surface area contributed by atoms with Crippen LogP contribution in [0.2, 0.25) is 20.1 Å². The Labute approximate surface area is 487 Å². The van der Waals surface area contributed by atoms with Crippen LogP contribution in [-0.4, -0.2) is 156 Å². The zero-order valence-corrected chi connectivity index (χ0v) is 49.6. The first-order valence-corrected chi connectivity index (χ1v) is 28.0. The van der Waals surface area contributed by atoms with Gasteiger partial charge < -0.3 is 68.9 Å². The highest BCUT2D eigenvalue weighted by Gasteiger charge is 2.44. The molecule has 80 heavy (non-hydrogen) atoms. The maximum absolute atomic E-state index is 12.7. The fraction of sp³-hybridized carbons (Fsp3) is 0.517. The first kappa shape index (κ1) is 62.2. The number of hydrogen-bond acceptors (Lipinski definition) is 15. The van der Waals surface area contributed by atoms with Crippen LogP contribution in [-0.2, 0) is 27.2 Å². The highest BCUT2D eigenvalue weighted by atomic mass is 35.5. The number of carbonyl (C=O) groups is 4. The zero-order chi connectivity index (χ0) is 58.5. The fourth-order valence-electron chi connectivity index (χ4n) is 9.85. The number of aliphatic hydroxyl groups excluding tert-OH is 2. The monoisotopic (exact) mass is 1190 g/mol. The molecule has 4 heterocycles. The number of rotatable bonds is 18. The van der Waals surface area contributed by atoms with Crippen molar-refractivity contribution in [2.24, 2.45) is 0 Å². The molecule has 22 heteroatoms. The van der Waals surface area contributed by atoms with Gasteiger partial charge in [0, 0.05) is 114 Å². The summed E-state index contributed by atoms with van der Waals surface area (Å²) in [5, 5.41) is 37.6. The molecule has 2 amide bonds. The second kappa shape index (κ2) is 25.4. The predicted octanol–water partition coefficient (Wildman–Crippen LogP) is 8.87. The van der Waals surface area contributed by atoms with Crippen LogP contribution in [0.1, 0.15) is 106 Å². The number of carbonyl (C=O) groups excluding carboxylic acids is 3. The number of ether oxygens (including phenoxy) is 7. The van der Waals surface area contributed by atoms with Gasteiger partial charge in [0.15, 0.2) is 11.2 Å². The standard InChI is InChI=1S/C31H40Cl2N2O7.C27H32Cl2N2O7/c1-29(2,3)42-28(38)30(4,5)40-26-15-25(22(14-23(26)33)27(37)34-6)39-18-21(36)17-35-11-9-31(10-12-35)16-19-13-20(32)7-8-24(19)41-31;1-26(2,25(34)35)37-23-12-22(19(11-20(23)29)24(33)30-3)36-15-18(32)14-31-8-6-27(7-9-31)13-16-10-17(28)4-5-21(16)38-27/h7-8,13-15,21,36H,9-12,16-18H2,1-6H3,(H,34,37);4-5,10-12,18,32H,6-9,13-15H2,1-3H3,(H,30,33)(H,34,35)/t21-;18-/m00/s1. The van der Waals surface area contributed by atoms with E-state index >= 15 is 0 Å². The van der Waals surface area contributed by atoms with E-state index in [0.717, 1.165) is 87.3 Å². The summed E-state index contributed by atoms with van der Waals surface area (Å²) in [6, 6.07) is 17.1. The van der Waals surface area contributed by atoms with Crippen molar-refractivity contribution in [3.05, 3.63) is 103 Å². The Kier molecular flexibility index (Phi) is 19.7. The minimum Gasteiger partial charge on any atom is -0.490 e. The van der Waals surface area contributed by atoms with Gasteiger partial charge in [0.2, 0.25) is 0 Å². The van der Waals surface area contributed by atoms with E-state index < -0.39 is 52.8 Å². The van der Waals surface area contributed by atoms with Crippen molar-refractivity contribution in [2.45, 2.75) is 127 Å². The van der Waals surface area contributed by atoms with E-state index in [2.05, 4.69) is 20.4 Å². The molecule has 18 nitrogen and oxygen atoms in total. The minimum atomic E-state index is -1.56. The highest BCUT2D eigenvalue weighted by molar-refractivity contribution is 6.33. The summed E-state index contributed by atoms with van der Waals surface area (Å²) in [5.41, 5.74) is -1.52. The number of carboxylic acid groups (broad SMARTS) is 1. The van der Waals surface area contributed by atoms with Gasteiger partial charge in [0.1, 0.15) is 76.7 Å². The van der Waals surface area contributed by atoms with Crippen LogP contribution < -0.4 is 39.1 Å². The number of piperidine rings is 2. The number of nitrogens with zero attached hydrogens (tertiary/aromatic N) is 2. The van der Waals surface area contributed by atoms with Crippen molar-refractivity contribution in [1.29, 1.82) is 0 Å². The number of halogens is 4. The van der Waals surface area contributed by atoms with Crippen LogP contribution in [0.5, 0.6) is 34.5 Å². The van der Waals surface area contributed by atoms with Crippen LogP contribution in [0.15, 0.2) is 60.7 Å². The molecule has 436 valence electrons. The summed E-state index contributed by atoms with van der Waals surface area (Å²) < 4.78 is 41.4. The Bertz CT molecular complexity index is 2920. The summed E-state index contributed by atoms with van der Waals surface area (Å²) in [4.78, 5) is 53.5. The van der Waals surface area contributed by atoms with Gasteiger partial charge in [-0.25, -0.2) is 9.59 Å². The van der Waals surface area contributed by atoms with Crippen LogP contribution >= 0.6 is 46.4 Å². The van der Waals surface area contributed by atoms with E-state index in [1.165, 1.54) is 52.2 Å². The number of benzene rings is 4. The summed E-state index contributed by atoms with van der Waals surface area (Å²) >= 11 is 25.0. The number of β-amino-alcohol motifs (C(OH)–C–C–N with tert-alkyl or cyclic N) is 2. The summed E-state index contributed by atoms with van der Waals surface area (Å²) in [6.45, 7) is 14.9. The van der Waals surface area contributed by atoms with Crippen LogP contribution in [0, 0.1) is 0 Å². The molecule has 8 rings (SSSR count). The third kappa shape index (κ3) is 15.8. The van der Waals surface area contributed by atoms with Gasteiger partial charge in [-0.15, -0.1) is 0 Å². The molecule has 0 bridgehead atoms. The molecule has 4 aromatic carbocycles. The number of nitrogens with one attached hydrogen (secondary N) is 2. The van der Waals surface area contributed by atoms with Crippen LogP contribution in [0.25, 0.3) is 0 Å². The van der Waals surface area contributed by atoms with Gasteiger partial charge in [-0.1, -0.05) is 46.4 Å². The zero-order valence-electron chi connectivity index (χ0n) is 46.6. The fourth-order valence-corrected chi connectivity index (χ4v) is 10.6. The number of hydrogen-bond donors (Lipinski definition) is 5.